The number of rotatable bonds is 18. The number of hydrogen-bond acceptors (Lipinski definition) is 2. The van der Waals surface area contributed by atoms with Crippen molar-refractivity contribution in [3.63, 3.8) is 0 Å². The van der Waals surface area contributed by atoms with Gasteiger partial charge < -0.3 is 10.1 Å². The van der Waals surface area contributed by atoms with E-state index in [9.17, 15) is 4.79 Å². The fraction of sp³-hybridized carbons (Fsp3) is 0.952. The van der Waals surface area contributed by atoms with Gasteiger partial charge in [0.05, 0.1) is 6.61 Å². The maximum Gasteiger partial charge on any atom is 0.407 e. The summed E-state index contributed by atoms with van der Waals surface area (Å²) in [5.74, 6) is 0. The minimum atomic E-state index is -0.235. The molecule has 0 unspecified atom stereocenters. The molecular formula is C21H43NO2. The summed E-state index contributed by atoms with van der Waals surface area (Å²) in [6.45, 7) is 5.82. The van der Waals surface area contributed by atoms with Crippen LogP contribution in [0.1, 0.15) is 117 Å². The minimum absolute atomic E-state index is 0.235. The molecule has 3 nitrogen and oxygen atoms in total. The van der Waals surface area contributed by atoms with Gasteiger partial charge in [0.25, 0.3) is 0 Å². The Labute approximate surface area is 151 Å². The van der Waals surface area contributed by atoms with Gasteiger partial charge in [-0.25, -0.2) is 4.79 Å². The molecule has 0 bridgehead atoms. The number of hydrogen-bond donors (Lipinski definition) is 1. The van der Waals surface area contributed by atoms with Crippen molar-refractivity contribution >= 4 is 6.09 Å². The molecule has 3 heteroatoms. The Morgan fingerprint density at radius 3 is 1.54 bits per heavy atom. The van der Waals surface area contributed by atoms with Gasteiger partial charge in [0.15, 0.2) is 0 Å². The molecule has 0 saturated carbocycles. The second kappa shape index (κ2) is 20.3. The van der Waals surface area contributed by atoms with Gasteiger partial charge in [-0.15, -0.1) is 0 Å². The fourth-order valence-corrected chi connectivity index (χ4v) is 2.90. The number of nitrogens with one attached hydrogen (secondary N) is 1. The number of ether oxygens (including phenoxy) is 1. The van der Waals surface area contributed by atoms with E-state index < -0.39 is 0 Å². The summed E-state index contributed by atoms with van der Waals surface area (Å²) in [5.41, 5.74) is 0. The summed E-state index contributed by atoms with van der Waals surface area (Å²) in [6.07, 6.45) is 20.3. The third-order valence-electron chi connectivity index (χ3n) is 4.53. The van der Waals surface area contributed by atoms with Crippen LogP contribution in [0.4, 0.5) is 4.79 Å². The predicted molar refractivity (Wildman–Crippen MR) is 105 cm³/mol. The monoisotopic (exact) mass is 341 g/mol. The van der Waals surface area contributed by atoms with E-state index in [1.807, 2.05) is 0 Å². The molecule has 0 spiro atoms. The summed E-state index contributed by atoms with van der Waals surface area (Å²) in [6, 6.07) is 0. The van der Waals surface area contributed by atoms with E-state index >= 15 is 0 Å². The average Bonchev–Trinajstić information content (AvgIpc) is 2.59. The number of unbranched alkanes of at least 4 members (excludes halogenated alkanes) is 14. The van der Waals surface area contributed by atoms with Gasteiger partial charge in [0.1, 0.15) is 0 Å². The first kappa shape index (κ1) is 23.3. The summed E-state index contributed by atoms with van der Waals surface area (Å²) in [5, 5.41) is 2.86. The molecule has 0 aromatic rings. The molecule has 0 heterocycles. The van der Waals surface area contributed by atoms with Gasteiger partial charge in [-0.05, 0) is 12.8 Å². The number of amides is 1. The molecule has 0 atom stereocenters. The number of carbonyl (C=O) groups excluding carboxylic acids is 1. The number of carbonyl (C=O) groups is 1. The van der Waals surface area contributed by atoms with Gasteiger partial charge in [0, 0.05) is 6.54 Å². The molecule has 1 N–H and O–H groups in total. The van der Waals surface area contributed by atoms with E-state index in [-0.39, 0.29) is 6.09 Å². The zero-order valence-electron chi connectivity index (χ0n) is 16.5. The predicted octanol–water partition coefficient (Wildman–Crippen LogP) is 6.99. The molecule has 0 aliphatic rings. The Morgan fingerprint density at radius 1 is 0.625 bits per heavy atom. The van der Waals surface area contributed by atoms with Crippen LogP contribution in [0.15, 0.2) is 0 Å². The topological polar surface area (TPSA) is 38.3 Å². The third kappa shape index (κ3) is 19.3. The van der Waals surface area contributed by atoms with E-state index in [0.717, 1.165) is 19.4 Å². The molecule has 0 aromatic heterocycles. The maximum absolute atomic E-state index is 11.5. The molecular weight excluding hydrogens is 298 g/mol. The zero-order chi connectivity index (χ0) is 17.7. The van der Waals surface area contributed by atoms with Crippen LogP contribution in [0, 0.1) is 0 Å². The Bertz CT molecular complexity index is 232. The Balaban J connectivity index is 3.13. The van der Waals surface area contributed by atoms with Crippen LogP contribution in [0.2, 0.25) is 0 Å². The molecule has 144 valence electrons. The lowest BCUT2D eigenvalue weighted by Gasteiger charge is -2.07. The van der Waals surface area contributed by atoms with Crippen LogP contribution < -0.4 is 5.32 Å². The smallest absolute Gasteiger partial charge is 0.407 e. The standard InChI is InChI=1S/C21H43NO2/c1-3-5-7-9-11-13-15-17-19-22-21(23)24-20-18-16-14-12-10-8-6-4-2/h3-20H2,1-2H3,(H,22,23). The van der Waals surface area contributed by atoms with Gasteiger partial charge in [-0.2, -0.15) is 0 Å². The van der Waals surface area contributed by atoms with Crippen LogP contribution in [0.3, 0.4) is 0 Å². The highest BCUT2D eigenvalue weighted by molar-refractivity contribution is 5.66. The fourth-order valence-electron chi connectivity index (χ4n) is 2.90. The molecule has 1 amide bonds. The molecule has 0 rings (SSSR count). The molecule has 0 aliphatic carbocycles. The largest absolute Gasteiger partial charge is 0.450 e. The van der Waals surface area contributed by atoms with Crippen molar-refractivity contribution in [2.24, 2.45) is 0 Å². The van der Waals surface area contributed by atoms with Gasteiger partial charge >= 0.3 is 6.09 Å². The third-order valence-corrected chi connectivity index (χ3v) is 4.53. The Kier molecular flexibility index (Phi) is 19.7. The van der Waals surface area contributed by atoms with Crippen LogP contribution in [0.5, 0.6) is 0 Å². The van der Waals surface area contributed by atoms with Crippen LogP contribution in [0.25, 0.3) is 0 Å². The van der Waals surface area contributed by atoms with E-state index in [1.54, 1.807) is 0 Å². The summed E-state index contributed by atoms with van der Waals surface area (Å²) >= 11 is 0. The second-order valence-electron chi connectivity index (χ2n) is 7.01. The van der Waals surface area contributed by atoms with Crippen molar-refractivity contribution < 1.29 is 9.53 Å². The Hall–Kier alpha value is -0.730. The maximum atomic E-state index is 11.5. The van der Waals surface area contributed by atoms with E-state index in [1.165, 1.54) is 89.9 Å². The van der Waals surface area contributed by atoms with Crippen molar-refractivity contribution in [2.45, 2.75) is 117 Å². The normalized spacial score (nSPS) is 10.8. The summed E-state index contributed by atoms with van der Waals surface area (Å²) in [7, 11) is 0. The first-order chi connectivity index (χ1) is 11.8. The van der Waals surface area contributed by atoms with Gasteiger partial charge in [-0.3, -0.25) is 0 Å². The van der Waals surface area contributed by atoms with E-state index in [2.05, 4.69) is 19.2 Å². The summed E-state index contributed by atoms with van der Waals surface area (Å²) < 4.78 is 5.21. The molecule has 0 radical (unpaired) electrons. The molecule has 0 aromatic carbocycles. The minimum Gasteiger partial charge on any atom is -0.450 e. The van der Waals surface area contributed by atoms with Crippen LogP contribution >= 0.6 is 0 Å². The molecule has 0 saturated heterocycles. The van der Waals surface area contributed by atoms with Gasteiger partial charge in [0.2, 0.25) is 0 Å². The zero-order valence-corrected chi connectivity index (χ0v) is 16.5. The van der Waals surface area contributed by atoms with Crippen molar-refractivity contribution in [3.8, 4) is 0 Å². The number of alkyl carbamates (subject to hydrolysis) is 1. The molecule has 0 fully saturated rings. The quantitative estimate of drug-likeness (QED) is 0.273. The highest BCUT2D eigenvalue weighted by atomic mass is 16.5. The lowest BCUT2D eigenvalue weighted by atomic mass is 10.1. The van der Waals surface area contributed by atoms with Crippen molar-refractivity contribution in [1.29, 1.82) is 0 Å². The lowest BCUT2D eigenvalue weighted by molar-refractivity contribution is 0.143. The van der Waals surface area contributed by atoms with E-state index in [4.69, 9.17) is 4.74 Å². The average molecular weight is 342 g/mol. The van der Waals surface area contributed by atoms with Gasteiger partial charge in [-0.1, -0.05) is 104 Å². The molecule has 24 heavy (non-hydrogen) atoms. The summed E-state index contributed by atoms with van der Waals surface area (Å²) in [4.78, 5) is 11.5. The first-order valence-corrected chi connectivity index (χ1v) is 10.7. The van der Waals surface area contributed by atoms with Crippen molar-refractivity contribution in [1.82, 2.24) is 5.32 Å². The lowest BCUT2D eigenvalue weighted by Crippen LogP contribution is -2.25. The first-order valence-electron chi connectivity index (χ1n) is 10.7. The van der Waals surface area contributed by atoms with Crippen LogP contribution in [-0.4, -0.2) is 19.2 Å². The SMILES string of the molecule is CCCCCCCCCCNC(=O)OCCCCCCCCCC. The highest BCUT2D eigenvalue weighted by Gasteiger charge is 2.00. The van der Waals surface area contributed by atoms with Crippen molar-refractivity contribution in [2.75, 3.05) is 13.2 Å². The van der Waals surface area contributed by atoms with Crippen LogP contribution in [-0.2, 0) is 4.74 Å². The highest BCUT2D eigenvalue weighted by Crippen LogP contribution is 2.09. The van der Waals surface area contributed by atoms with E-state index in [0.29, 0.717) is 6.61 Å². The molecule has 0 aliphatic heterocycles. The Morgan fingerprint density at radius 2 is 1.04 bits per heavy atom. The van der Waals surface area contributed by atoms with Crippen molar-refractivity contribution in [3.05, 3.63) is 0 Å². The second-order valence-corrected chi connectivity index (χ2v) is 7.01.